The van der Waals surface area contributed by atoms with Gasteiger partial charge in [0.1, 0.15) is 4.88 Å². The van der Waals surface area contributed by atoms with E-state index in [1.54, 1.807) is 4.90 Å². The Kier molecular flexibility index (Phi) is 3.68. The van der Waals surface area contributed by atoms with Crippen LogP contribution < -0.4 is 10.6 Å². The van der Waals surface area contributed by atoms with Gasteiger partial charge in [0, 0.05) is 17.8 Å². The second-order valence-electron chi connectivity index (χ2n) is 4.37. The molecule has 0 spiro atoms. The van der Waals surface area contributed by atoms with Crippen molar-refractivity contribution >= 4 is 28.9 Å². The fourth-order valence-electron chi connectivity index (χ4n) is 2.11. The molecular formula is C12H16N2O3S. The standard InChI is InChI=1S/C12H16N2O3S/c1-7-3-9(11(18-7)12(16)17-2)14-6-8(5-13)4-10(14)15/h3,8H,4-6,13H2,1-2H3. The molecule has 2 N–H and O–H groups in total. The highest BCUT2D eigenvalue weighted by Crippen LogP contribution is 2.34. The third kappa shape index (κ3) is 2.26. The van der Waals surface area contributed by atoms with Gasteiger partial charge in [0.2, 0.25) is 5.91 Å². The predicted octanol–water partition coefficient (Wildman–Crippen LogP) is 1.15. The molecule has 1 unspecified atom stereocenters. The molecular weight excluding hydrogens is 252 g/mol. The van der Waals surface area contributed by atoms with Crippen LogP contribution in [0.15, 0.2) is 6.07 Å². The number of thiophene rings is 1. The molecule has 0 aliphatic carbocycles. The fourth-order valence-corrected chi connectivity index (χ4v) is 3.05. The highest BCUT2D eigenvalue weighted by molar-refractivity contribution is 7.14. The average molecular weight is 268 g/mol. The minimum atomic E-state index is -0.396. The molecule has 2 heterocycles. The summed E-state index contributed by atoms with van der Waals surface area (Å²) in [5, 5.41) is 0. The maximum atomic E-state index is 11.9. The minimum Gasteiger partial charge on any atom is -0.465 e. The van der Waals surface area contributed by atoms with Crippen molar-refractivity contribution in [1.29, 1.82) is 0 Å². The highest BCUT2D eigenvalue weighted by Gasteiger charge is 2.33. The fraction of sp³-hybridized carbons (Fsp3) is 0.500. The summed E-state index contributed by atoms with van der Waals surface area (Å²) in [4.78, 5) is 26.7. The largest absolute Gasteiger partial charge is 0.465 e. The number of aryl methyl sites for hydroxylation is 1. The van der Waals surface area contributed by atoms with Crippen LogP contribution in [0.4, 0.5) is 5.69 Å². The average Bonchev–Trinajstić information content (AvgIpc) is 2.91. The van der Waals surface area contributed by atoms with E-state index in [1.807, 2.05) is 13.0 Å². The van der Waals surface area contributed by atoms with E-state index in [4.69, 9.17) is 10.5 Å². The number of carbonyl (C=O) groups excluding carboxylic acids is 2. The van der Waals surface area contributed by atoms with Gasteiger partial charge in [0.05, 0.1) is 12.8 Å². The zero-order valence-corrected chi connectivity index (χ0v) is 11.3. The number of ether oxygens (including phenoxy) is 1. The maximum Gasteiger partial charge on any atom is 0.350 e. The summed E-state index contributed by atoms with van der Waals surface area (Å²) in [6, 6.07) is 1.85. The number of carbonyl (C=O) groups is 2. The first kappa shape index (κ1) is 13.0. The van der Waals surface area contributed by atoms with Gasteiger partial charge in [0.25, 0.3) is 0 Å². The van der Waals surface area contributed by atoms with Crippen LogP contribution in [0.3, 0.4) is 0 Å². The van der Waals surface area contributed by atoms with Crippen molar-refractivity contribution in [2.24, 2.45) is 11.7 Å². The molecule has 18 heavy (non-hydrogen) atoms. The van der Waals surface area contributed by atoms with E-state index < -0.39 is 5.97 Å². The zero-order valence-electron chi connectivity index (χ0n) is 10.4. The Morgan fingerprint density at radius 1 is 1.67 bits per heavy atom. The highest BCUT2D eigenvalue weighted by atomic mass is 32.1. The summed E-state index contributed by atoms with van der Waals surface area (Å²) in [5.41, 5.74) is 6.26. The van der Waals surface area contributed by atoms with Crippen LogP contribution in [0.25, 0.3) is 0 Å². The van der Waals surface area contributed by atoms with Crippen LogP contribution in [-0.4, -0.2) is 32.1 Å². The molecule has 1 aliphatic rings. The molecule has 1 atom stereocenters. The first-order chi connectivity index (χ1) is 8.56. The van der Waals surface area contributed by atoms with Crippen LogP contribution in [0.2, 0.25) is 0 Å². The zero-order chi connectivity index (χ0) is 13.3. The third-order valence-electron chi connectivity index (χ3n) is 3.04. The SMILES string of the molecule is COC(=O)c1sc(C)cc1N1CC(CN)CC1=O. The number of hydrogen-bond donors (Lipinski definition) is 1. The number of nitrogens with two attached hydrogens (primary N) is 1. The Hall–Kier alpha value is -1.40. The Bertz CT molecular complexity index is 484. The molecule has 98 valence electrons. The van der Waals surface area contributed by atoms with E-state index in [9.17, 15) is 9.59 Å². The molecule has 1 aromatic rings. The number of methoxy groups -OCH3 is 1. The topological polar surface area (TPSA) is 72.6 Å². The van der Waals surface area contributed by atoms with E-state index >= 15 is 0 Å². The number of amides is 1. The van der Waals surface area contributed by atoms with Crippen molar-refractivity contribution in [3.8, 4) is 0 Å². The molecule has 0 bridgehead atoms. The Labute approximate surface area is 110 Å². The van der Waals surface area contributed by atoms with Gasteiger partial charge in [-0.15, -0.1) is 11.3 Å². The summed E-state index contributed by atoms with van der Waals surface area (Å²) in [5.74, 6) is -0.205. The summed E-state index contributed by atoms with van der Waals surface area (Å²) >= 11 is 1.35. The monoisotopic (exact) mass is 268 g/mol. The van der Waals surface area contributed by atoms with Crippen LogP contribution in [0.1, 0.15) is 21.0 Å². The van der Waals surface area contributed by atoms with Gasteiger partial charge < -0.3 is 15.4 Å². The van der Waals surface area contributed by atoms with Crippen molar-refractivity contribution < 1.29 is 14.3 Å². The van der Waals surface area contributed by atoms with Gasteiger partial charge in [-0.05, 0) is 25.5 Å². The van der Waals surface area contributed by atoms with E-state index in [-0.39, 0.29) is 11.8 Å². The summed E-state index contributed by atoms with van der Waals surface area (Å²) in [7, 11) is 1.34. The van der Waals surface area contributed by atoms with Crippen molar-refractivity contribution in [1.82, 2.24) is 0 Å². The van der Waals surface area contributed by atoms with Gasteiger partial charge in [-0.1, -0.05) is 0 Å². The molecule has 1 fully saturated rings. The van der Waals surface area contributed by atoms with Crippen LogP contribution in [-0.2, 0) is 9.53 Å². The molecule has 5 nitrogen and oxygen atoms in total. The lowest BCUT2D eigenvalue weighted by Gasteiger charge is -2.16. The van der Waals surface area contributed by atoms with Crippen molar-refractivity contribution in [3.05, 3.63) is 15.8 Å². The lowest BCUT2D eigenvalue weighted by atomic mass is 10.1. The van der Waals surface area contributed by atoms with Gasteiger partial charge in [-0.25, -0.2) is 4.79 Å². The molecule has 0 radical (unpaired) electrons. The Morgan fingerprint density at radius 2 is 2.39 bits per heavy atom. The summed E-state index contributed by atoms with van der Waals surface area (Å²) in [6.45, 7) is 2.97. The molecule has 0 aromatic carbocycles. The molecule has 0 saturated carbocycles. The predicted molar refractivity (Wildman–Crippen MR) is 69.9 cm³/mol. The van der Waals surface area contributed by atoms with Crippen molar-refractivity contribution in [2.45, 2.75) is 13.3 Å². The molecule has 1 saturated heterocycles. The number of nitrogens with zero attached hydrogens (tertiary/aromatic N) is 1. The third-order valence-corrected chi connectivity index (χ3v) is 4.06. The molecule has 1 aromatic heterocycles. The van der Waals surface area contributed by atoms with Gasteiger partial charge in [-0.2, -0.15) is 0 Å². The first-order valence-corrected chi connectivity index (χ1v) is 6.57. The second-order valence-corrected chi connectivity index (χ2v) is 5.63. The van der Waals surface area contributed by atoms with E-state index in [0.717, 1.165) is 4.88 Å². The number of hydrogen-bond acceptors (Lipinski definition) is 5. The van der Waals surface area contributed by atoms with E-state index in [2.05, 4.69) is 0 Å². The van der Waals surface area contributed by atoms with Crippen molar-refractivity contribution in [3.63, 3.8) is 0 Å². The van der Waals surface area contributed by atoms with Gasteiger partial charge in [0.15, 0.2) is 0 Å². The van der Waals surface area contributed by atoms with Gasteiger partial charge in [-0.3, -0.25) is 4.79 Å². The van der Waals surface area contributed by atoms with Crippen LogP contribution >= 0.6 is 11.3 Å². The number of rotatable bonds is 3. The van der Waals surface area contributed by atoms with Crippen LogP contribution in [0, 0.1) is 12.8 Å². The van der Waals surface area contributed by atoms with E-state index in [0.29, 0.717) is 30.1 Å². The van der Waals surface area contributed by atoms with Crippen molar-refractivity contribution in [2.75, 3.05) is 25.1 Å². The van der Waals surface area contributed by atoms with E-state index in [1.165, 1.54) is 18.4 Å². The number of anilines is 1. The molecule has 1 aliphatic heterocycles. The minimum absolute atomic E-state index is 0.0217. The molecule has 1 amide bonds. The Morgan fingerprint density at radius 3 is 2.94 bits per heavy atom. The normalized spacial score (nSPS) is 19.4. The molecule has 2 rings (SSSR count). The Balaban J connectivity index is 2.33. The summed E-state index contributed by atoms with van der Waals surface area (Å²) < 4.78 is 4.75. The lowest BCUT2D eigenvalue weighted by molar-refractivity contribution is -0.117. The maximum absolute atomic E-state index is 11.9. The molecule has 6 heteroatoms. The smallest absolute Gasteiger partial charge is 0.350 e. The quantitative estimate of drug-likeness (QED) is 0.835. The van der Waals surface area contributed by atoms with Crippen LogP contribution in [0.5, 0.6) is 0 Å². The lowest BCUT2D eigenvalue weighted by Crippen LogP contribution is -2.26. The summed E-state index contributed by atoms with van der Waals surface area (Å²) in [6.07, 6.45) is 0.450. The first-order valence-electron chi connectivity index (χ1n) is 5.76. The number of esters is 1. The second kappa shape index (κ2) is 5.07. The van der Waals surface area contributed by atoms with Gasteiger partial charge >= 0.3 is 5.97 Å².